The molecule has 0 aromatic carbocycles. The summed E-state index contributed by atoms with van der Waals surface area (Å²) in [5.74, 6) is -2.51. The van der Waals surface area contributed by atoms with Gasteiger partial charge >= 0.3 is 11.9 Å². The van der Waals surface area contributed by atoms with E-state index in [2.05, 4.69) is 13.8 Å². The van der Waals surface area contributed by atoms with Crippen LogP contribution in [-0.4, -0.2) is 71.6 Å². The van der Waals surface area contributed by atoms with Crippen LogP contribution in [0.4, 0.5) is 0 Å². The maximum atomic E-state index is 13.1. The Morgan fingerprint density at radius 3 is 1.09 bits per heavy atom. The molecule has 0 aromatic heterocycles. The van der Waals surface area contributed by atoms with Gasteiger partial charge in [0.15, 0.2) is 0 Å². The molecule has 0 saturated carbocycles. The van der Waals surface area contributed by atoms with Crippen molar-refractivity contribution in [2.75, 3.05) is 33.7 Å². The first kappa shape index (κ1) is 42.4. The van der Waals surface area contributed by atoms with Crippen LogP contribution in [0, 0.1) is 11.8 Å². The van der Waals surface area contributed by atoms with Gasteiger partial charge in [0.25, 0.3) is 0 Å². The number of carboxylic acids is 2. The summed E-state index contributed by atoms with van der Waals surface area (Å²) >= 11 is 0. The van der Waals surface area contributed by atoms with Crippen LogP contribution in [0.5, 0.6) is 0 Å². The van der Waals surface area contributed by atoms with Crippen molar-refractivity contribution in [2.24, 2.45) is 11.8 Å². The van der Waals surface area contributed by atoms with E-state index < -0.39 is 23.8 Å². The first-order valence-electron chi connectivity index (χ1n) is 18.6. The lowest BCUT2D eigenvalue weighted by Crippen LogP contribution is -2.37. The molecule has 44 heavy (non-hydrogen) atoms. The van der Waals surface area contributed by atoms with Crippen LogP contribution in [-0.2, 0) is 14.4 Å². The minimum atomic E-state index is -0.786. The quantitative estimate of drug-likeness (QED) is 0.0706. The molecule has 0 aliphatic heterocycles. The lowest BCUT2D eigenvalue weighted by atomic mass is 9.95. The van der Waals surface area contributed by atoms with Gasteiger partial charge in [-0.05, 0) is 39.8 Å². The molecule has 1 amide bonds. The number of rotatable bonds is 33. The Morgan fingerprint density at radius 2 is 0.795 bits per heavy atom. The molecule has 0 heterocycles. The van der Waals surface area contributed by atoms with Gasteiger partial charge in [0.2, 0.25) is 5.91 Å². The summed E-state index contributed by atoms with van der Waals surface area (Å²) in [4.78, 5) is 40.9. The molecule has 0 spiro atoms. The van der Waals surface area contributed by atoms with Gasteiger partial charge < -0.3 is 20.0 Å². The summed E-state index contributed by atoms with van der Waals surface area (Å²) in [7, 11) is 3.86. The number of carboxylic acid groups (broad SMARTS) is 2. The van der Waals surface area contributed by atoms with E-state index >= 15 is 0 Å². The first-order valence-corrected chi connectivity index (χ1v) is 18.6. The zero-order chi connectivity index (χ0) is 32.8. The van der Waals surface area contributed by atoms with Crippen LogP contribution in [0.25, 0.3) is 0 Å². The van der Waals surface area contributed by atoms with Crippen LogP contribution >= 0.6 is 0 Å². The van der Waals surface area contributed by atoms with E-state index in [4.69, 9.17) is 0 Å². The van der Waals surface area contributed by atoms with Gasteiger partial charge in [-0.3, -0.25) is 14.4 Å². The smallest absolute Gasteiger partial charge is 0.306 e. The van der Waals surface area contributed by atoms with Gasteiger partial charge in [-0.25, -0.2) is 0 Å². The van der Waals surface area contributed by atoms with Crippen molar-refractivity contribution in [3.05, 3.63) is 0 Å². The Kier molecular flexibility index (Phi) is 28.9. The molecule has 0 aliphatic carbocycles. The SMILES string of the molecule is CCCCCCCCCCCCC(CCN(CCC(CCCCCCCCCCCC)C(=O)O)C(=O)CCN(C)C)C(=O)O. The summed E-state index contributed by atoms with van der Waals surface area (Å²) in [6.07, 6.45) is 26.9. The minimum absolute atomic E-state index is 0.00940. The van der Waals surface area contributed by atoms with Crippen molar-refractivity contribution in [1.82, 2.24) is 9.80 Å². The molecule has 7 heteroatoms. The fraction of sp³-hybridized carbons (Fsp3) is 0.919. The summed E-state index contributed by atoms with van der Waals surface area (Å²) < 4.78 is 0. The average Bonchev–Trinajstić information content (AvgIpc) is 2.98. The lowest BCUT2D eigenvalue weighted by Gasteiger charge is -2.26. The number of amides is 1. The Hall–Kier alpha value is -1.63. The van der Waals surface area contributed by atoms with E-state index in [0.717, 1.165) is 38.5 Å². The first-order chi connectivity index (χ1) is 21.2. The number of hydrogen-bond acceptors (Lipinski definition) is 4. The van der Waals surface area contributed by atoms with Gasteiger partial charge in [0.05, 0.1) is 11.8 Å². The van der Waals surface area contributed by atoms with Crippen molar-refractivity contribution in [2.45, 2.75) is 174 Å². The largest absolute Gasteiger partial charge is 0.481 e. The fourth-order valence-corrected chi connectivity index (χ4v) is 6.00. The highest BCUT2D eigenvalue weighted by Gasteiger charge is 2.23. The van der Waals surface area contributed by atoms with Gasteiger partial charge in [0.1, 0.15) is 0 Å². The monoisotopic (exact) mass is 625 g/mol. The molecule has 0 fully saturated rings. The Balaban J connectivity index is 4.65. The molecular formula is C37H72N2O5. The number of carbonyl (C=O) groups is 3. The minimum Gasteiger partial charge on any atom is -0.481 e. The molecule has 0 aromatic rings. The van der Waals surface area contributed by atoms with Crippen molar-refractivity contribution >= 4 is 17.8 Å². The third kappa shape index (κ3) is 25.7. The summed E-state index contributed by atoms with van der Waals surface area (Å²) in [6.45, 7) is 5.86. The highest BCUT2D eigenvalue weighted by Crippen LogP contribution is 2.20. The average molecular weight is 625 g/mol. The summed E-state index contributed by atoms with van der Waals surface area (Å²) in [6, 6.07) is 0. The number of hydrogen-bond donors (Lipinski definition) is 2. The fourth-order valence-electron chi connectivity index (χ4n) is 6.00. The van der Waals surface area contributed by atoms with E-state index in [9.17, 15) is 24.6 Å². The zero-order valence-corrected chi connectivity index (χ0v) is 29.5. The van der Waals surface area contributed by atoms with E-state index in [1.54, 1.807) is 4.90 Å². The Labute approximate surface area is 271 Å². The van der Waals surface area contributed by atoms with E-state index in [-0.39, 0.29) is 5.91 Å². The molecule has 0 radical (unpaired) electrons. The molecule has 0 rings (SSSR count). The van der Waals surface area contributed by atoms with E-state index in [1.165, 1.54) is 89.9 Å². The van der Waals surface area contributed by atoms with Crippen molar-refractivity contribution in [3.63, 3.8) is 0 Å². The van der Waals surface area contributed by atoms with Gasteiger partial charge in [-0.2, -0.15) is 0 Å². The van der Waals surface area contributed by atoms with Crippen LogP contribution in [0.1, 0.15) is 174 Å². The summed E-state index contributed by atoms with van der Waals surface area (Å²) in [5.41, 5.74) is 0. The molecular weight excluding hydrogens is 552 g/mol. The highest BCUT2D eigenvalue weighted by atomic mass is 16.4. The maximum absolute atomic E-state index is 13.1. The molecule has 0 bridgehead atoms. The molecule has 2 N–H and O–H groups in total. The second kappa shape index (κ2) is 30.0. The molecule has 260 valence electrons. The maximum Gasteiger partial charge on any atom is 0.306 e. The van der Waals surface area contributed by atoms with E-state index in [1.807, 2.05) is 19.0 Å². The zero-order valence-electron chi connectivity index (χ0n) is 29.5. The predicted molar refractivity (Wildman–Crippen MR) is 184 cm³/mol. The van der Waals surface area contributed by atoms with Crippen LogP contribution < -0.4 is 0 Å². The number of nitrogens with zero attached hydrogens (tertiary/aromatic N) is 2. The standard InChI is InChI=1S/C37H72N2O5/c1-5-7-9-11-13-15-17-19-21-23-25-33(36(41)42)27-31-39(35(40)29-30-38(3)4)32-28-34(37(43)44)26-24-22-20-18-16-14-12-10-8-6-2/h33-34H,5-32H2,1-4H3,(H,41,42)(H,43,44). The Bertz CT molecular complexity index is 653. The number of aliphatic carboxylic acids is 2. The van der Waals surface area contributed by atoms with Gasteiger partial charge in [0, 0.05) is 26.1 Å². The van der Waals surface area contributed by atoms with Gasteiger partial charge in [-0.1, -0.05) is 142 Å². The normalized spacial score (nSPS) is 12.8. The molecule has 7 nitrogen and oxygen atoms in total. The number of unbranched alkanes of at least 4 members (excludes halogenated alkanes) is 18. The highest BCUT2D eigenvalue weighted by molar-refractivity contribution is 5.76. The van der Waals surface area contributed by atoms with Crippen LogP contribution in [0.2, 0.25) is 0 Å². The lowest BCUT2D eigenvalue weighted by molar-refractivity contribution is -0.143. The third-order valence-electron chi connectivity index (χ3n) is 9.13. The molecule has 0 saturated heterocycles. The second-order valence-electron chi connectivity index (χ2n) is 13.5. The van der Waals surface area contributed by atoms with Crippen molar-refractivity contribution in [3.8, 4) is 0 Å². The van der Waals surface area contributed by atoms with E-state index in [0.29, 0.717) is 51.7 Å². The second-order valence-corrected chi connectivity index (χ2v) is 13.5. The van der Waals surface area contributed by atoms with Crippen LogP contribution in [0.3, 0.4) is 0 Å². The topological polar surface area (TPSA) is 98.2 Å². The molecule has 2 unspecified atom stereocenters. The number of carbonyl (C=O) groups excluding carboxylic acids is 1. The third-order valence-corrected chi connectivity index (χ3v) is 9.13. The van der Waals surface area contributed by atoms with Crippen LogP contribution in [0.15, 0.2) is 0 Å². The Morgan fingerprint density at radius 1 is 0.477 bits per heavy atom. The molecule has 0 aliphatic rings. The van der Waals surface area contributed by atoms with Crippen molar-refractivity contribution < 1.29 is 24.6 Å². The van der Waals surface area contributed by atoms with Crippen molar-refractivity contribution in [1.29, 1.82) is 0 Å². The van der Waals surface area contributed by atoms with Gasteiger partial charge in [-0.15, -0.1) is 0 Å². The predicted octanol–water partition coefficient (Wildman–Crippen LogP) is 9.57. The summed E-state index contributed by atoms with van der Waals surface area (Å²) in [5, 5.41) is 19.7. The molecule has 2 atom stereocenters.